The van der Waals surface area contributed by atoms with Crippen molar-refractivity contribution in [3.05, 3.63) is 28.8 Å². The van der Waals surface area contributed by atoms with E-state index in [0.717, 1.165) is 18.8 Å². The van der Waals surface area contributed by atoms with Gasteiger partial charge in [-0.1, -0.05) is 18.0 Å². The van der Waals surface area contributed by atoms with E-state index in [9.17, 15) is 4.79 Å². The van der Waals surface area contributed by atoms with Crippen molar-refractivity contribution in [2.24, 2.45) is 5.73 Å². The number of carbonyl (C=O) groups excluding carboxylic acids is 1. The average molecular weight is 310 g/mol. The Kier molecular flexibility index (Phi) is 5.48. The summed E-state index contributed by atoms with van der Waals surface area (Å²) in [6.07, 6.45) is 3.73. The monoisotopic (exact) mass is 309 g/mol. The van der Waals surface area contributed by atoms with Crippen LogP contribution in [0.2, 0.25) is 5.02 Å². The molecular weight excluding hydrogens is 286 g/mol. The Hall–Kier alpha value is -1.26. The van der Waals surface area contributed by atoms with Crippen molar-refractivity contribution in [1.82, 2.24) is 5.32 Å². The first-order valence-electron chi connectivity index (χ1n) is 7.58. The quantitative estimate of drug-likeness (QED) is 0.879. The number of benzene rings is 1. The summed E-state index contributed by atoms with van der Waals surface area (Å²) in [5.41, 5.74) is 6.71. The molecule has 1 aliphatic rings. The molecule has 1 atom stereocenters. The predicted molar refractivity (Wildman–Crippen MR) is 88.1 cm³/mol. The number of nitrogens with zero attached hydrogens (tertiary/aromatic N) is 1. The second-order valence-electron chi connectivity index (χ2n) is 5.92. The van der Waals surface area contributed by atoms with Gasteiger partial charge in [0.05, 0.1) is 10.7 Å². The molecule has 0 bridgehead atoms. The SMILES string of the molecule is CC(C)N(CC1CCCCN1)c1ccc(C(N)=O)cc1Cl. The third-order valence-corrected chi connectivity index (χ3v) is 4.30. The lowest BCUT2D eigenvalue weighted by Crippen LogP contribution is -2.46. The summed E-state index contributed by atoms with van der Waals surface area (Å²) >= 11 is 6.36. The number of primary amides is 1. The van der Waals surface area contributed by atoms with Gasteiger partial charge in [0.25, 0.3) is 0 Å². The van der Waals surface area contributed by atoms with Crippen molar-refractivity contribution in [2.75, 3.05) is 18.0 Å². The molecule has 0 spiro atoms. The van der Waals surface area contributed by atoms with E-state index in [1.54, 1.807) is 12.1 Å². The van der Waals surface area contributed by atoms with Crippen molar-refractivity contribution < 1.29 is 4.79 Å². The van der Waals surface area contributed by atoms with Crippen molar-refractivity contribution in [1.29, 1.82) is 0 Å². The van der Waals surface area contributed by atoms with Crippen LogP contribution in [0, 0.1) is 0 Å². The third kappa shape index (κ3) is 4.11. The highest BCUT2D eigenvalue weighted by Gasteiger charge is 2.21. The molecule has 1 aliphatic heterocycles. The van der Waals surface area contributed by atoms with Crippen LogP contribution in [0.5, 0.6) is 0 Å². The van der Waals surface area contributed by atoms with Crippen LogP contribution in [-0.2, 0) is 0 Å². The van der Waals surface area contributed by atoms with Crippen LogP contribution in [0.1, 0.15) is 43.5 Å². The number of anilines is 1. The van der Waals surface area contributed by atoms with E-state index in [0.29, 0.717) is 22.7 Å². The van der Waals surface area contributed by atoms with Crippen molar-refractivity contribution in [2.45, 2.75) is 45.2 Å². The molecule has 0 saturated carbocycles. The highest BCUT2D eigenvalue weighted by atomic mass is 35.5. The summed E-state index contributed by atoms with van der Waals surface area (Å²) in [4.78, 5) is 13.5. The maximum Gasteiger partial charge on any atom is 0.248 e. The largest absolute Gasteiger partial charge is 0.366 e. The second-order valence-corrected chi connectivity index (χ2v) is 6.33. The first-order valence-corrected chi connectivity index (χ1v) is 7.96. The van der Waals surface area contributed by atoms with E-state index < -0.39 is 5.91 Å². The summed E-state index contributed by atoms with van der Waals surface area (Å²) in [6.45, 7) is 6.32. The fourth-order valence-electron chi connectivity index (χ4n) is 2.80. The minimum absolute atomic E-state index is 0.339. The molecular formula is C16H24ClN3O. The fraction of sp³-hybridized carbons (Fsp3) is 0.562. The maximum atomic E-state index is 11.2. The standard InChI is InChI=1S/C16H24ClN3O/c1-11(2)20(10-13-5-3-4-8-19-13)15-7-6-12(16(18)21)9-14(15)17/h6-7,9,11,13,19H,3-5,8,10H2,1-2H3,(H2,18,21). The van der Waals surface area contributed by atoms with E-state index in [4.69, 9.17) is 17.3 Å². The molecule has 5 heteroatoms. The van der Waals surface area contributed by atoms with Crippen LogP contribution in [0.15, 0.2) is 18.2 Å². The van der Waals surface area contributed by atoms with Crippen LogP contribution in [0.3, 0.4) is 0 Å². The second kappa shape index (κ2) is 7.14. The molecule has 1 aromatic rings. The Labute approximate surface area is 131 Å². The highest BCUT2D eigenvalue weighted by molar-refractivity contribution is 6.33. The van der Waals surface area contributed by atoms with Crippen LogP contribution in [0.4, 0.5) is 5.69 Å². The molecule has 116 valence electrons. The lowest BCUT2D eigenvalue weighted by molar-refractivity contribution is 0.100. The molecule has 1 unspecified atom stereocenters. The number of rotatable bonds is 5. The van der Waals surface area contributed by atoms with Gasteiger partial charge in [0.1, 0.15) is 0 Å². The number of hydrogen-bond donors (Lipinski definition) is 2. The summed E-state index contributed by atoms with van der Waals surface area (Å²) < 4.78 is 0. The zero-order valence-corrected chi connectivity index (χ0v) is 13.5. The van der Waals surface area contributed by atoms with E-state index in [1.165, 1.54) is 19.3 Å². The molecule has 1 saturated heterocycles. The van der Waals surface area contributed by atoms with Crippen molar-refractivity contribution >= 4 is 23.2 Å². The number of hydrogen-bond acceptors (Lipinski definition) is 3. The van der Waals surface area contributed by atoms with Crippen LogP contribution < -0.4 is 16.0 Å². The lowest BCUT2D eigenvalue weighted by atomic mass is 10.0. The molecule has 4 nitrogen and oxygen atoms in total. The molecule has 0 aliphatic carbocycles. The molecule has 3 N–H and O–H groups in total. The summed E-state index contributed by atoms with van der Waals surface area (Å²) in [6, 6.07) is 6.13. The third-order valence-electron chi connectivity index (χ3n) is 3.99. The minimum Gasteiger partial charge on any atom is -0.366 e. The molecule has 0 aromatic heterocycles. The Morgan fingerprint density at radius 2 is 2.24 bits per heavy atom. The molecule has 1 heterocycles. The molecule has 0 radical (unpaired) electrons. The zero-order chi connectivity index (χ0) is 15.4. The van der Waals surface area contributed by atoms with E-state index in [2.05, 4.69) is 24.1 Å². The number of carbonyl (C=O) groups is 1. The van der Waals surface area contributed by atoms with Crippen LogP contribution in [0.25, 0.3) is 0 Å². The Morgan fingerprint density at radius 1 is 1.48 bits per heavy atom. The van der Waals surface area contributed by atoms with Crippen LogP contribution >= 0.6 is 11.6 Å². The fourth-order valence-corrected chi connectivity index (χ4v) is 3.09. The smallest absolute Gasteiger partial charge is 0.248 e. The minimum atomic E-state index is -0.450. The highest BCUT2D eigenvalue weighted by Crippen LogP contribution is 2.29. The van der Waals surface area contributed by atoms with E-state index in [-0.39, 0.29) is 0 Å². The Bertz CT molecular complexity index is 498. The van der Waals surface area contributed by atoms with Gasteiger partial charge in [0.15, 0.2) is 0 Å². The number of halogens is 1. The number of nitrogens with one attached hydrogen (secondary N) is 1. The number of amides is 1. The van der Waals surface area contributed by atoms with E-state index >= 15 is 0 Å². The molecule has 1 amide bonds. The molecule has 21 heavy (non-hydrogen) atoms. The van der Waals surface area contributed by atoms with Gasteiger partial charge in [-0.15, -0.1) is 0 Å². The van der Waals surface area contributed by atoms with Crippen LogP contribution in [-0.4, -0.2) is 31.1 Å². The summed E-state index contributed by atoms with van der Waals surface area (Å²) in [5.74, 6) is -0.450. The van der Waals surface area contributed by atoms with Gasteiger partial charge in [-0.3, -0.25) is 4.79 Å². The van der Waals surface area contributed by atoms with Gasteiger partial charge in [0.2, 0.25) is 5.91 Å². The first-order chi connectivity index (χ1) is 9.99. The summed E-state index contributed by atoms with van der Waals surface area (Å²) in [7, 11) is 0. The maximum absolute atomic E-state index is 11.2. The van der Waals surface area contributed by atoms with E-state index in [1.807, 2.05) is 6.07 Å². The number of nitrogens with two attached hydrogens (primary N) is 1. The normalized spacial score (nSPS) is 18.8. The average Bonchev–Trinajstić information content (AvgIpc) is 2.46. The summed E-state index contributed by atoms with van der Waals surface area (Å²) in [5, 5.41) is 4.14. The molecule has 1 aromatic carbocycles. The number of piperidine rings is 1. The zero-order valence-electron chi connectivity index (χ0n) is 12.7. The Morgan fingerprint density at radius 3 is 2.76 bits per heavy atom. The predicted octanol–water partition coefficient (Wildman–Crippen LogP) is 2.80. The van der Waals surface area contributed by atoms with Gasteiger partial charge in [0, 0.05) is 24.2 Å². The topological polar surface area (TPSA) is 58.4 Å². The van der Waals surface area contributed by atoms with Gasteiger partial charge in [-0.05, 0) is 51.4 Å². The Balaban J connectivity index is 2.19. The van der Waals surface area contributed by atoms with Crippen molar-refractivity contribution in [3.8, 4) is 0 Å². The lowest BCUT2D eigenvalue weighted by Gasteiger charge is -2.35. The first kappa shape index (κ1) is 16.1. The van der Waals surface area contributed by atoms with Gasteiger partial charge in [-0.25, -0.2) is 0 Å². The molecule has 1 fully saturated rings. The van der Waals surface area contributed by atoms with Gasteiger partial charge >= 0.3 is 0 Å². The molecule has 2 rings (SSSR count). The van der Waals surface area contributed by atoms with Gasteiger partial charge in [-0.2, -0.15) is 0 Å². The van der Waals surface area contributed by atoms with Crippen molar-refractivity contribution in [3.63, 3.8) is 0 Å². The van der Waals surface area contributed by atoms with Gasteiger partial charge < -0.3 is 16.0 Å².